The highest BCUT2D eigenvalue weighted by molar-refractivity contribution is 9.09. The molecule has 0 saturated carbocycles. The van der Waals surface area contributed by atoms with Crippen molar-refractivity contribution in [3.05, 3.63) is 105 Å². The summed E-state index contributed by atoms with van der Waals surface area (Å²) < 4.78 is 23.7. The lowest BCUT2D eigenvalue weighted by Gasteiger charge is -2.40. The van der Waals surface area contributed by atoms with Crippen LogP contribution in [0.15, 0.2) is 67.0 Å². The molecule has 240 valence electrons. The minimum Gasteiger partial charge on any atom is -0.492 e. The molecule has 1 aliphatic rings. The average Bonchev–Trinajstić information content (AvgIpc) is 3.05. The summed E-state index contributed by atoms with van der Waals surface area (Å²) in [5.41, 5.74) is 5.34. The number of halogens is 3. The summed E-state index contributed by atoms with van der Waals surface area (Å²) >= 11 is 17.0. The molecule has 5 rings (SSSR count). The number of hydrogen-bond donors (Lipinski definition) is 2. The van der Waals surface area contributed by atoms with Crippen LogP contribution in [0.5, 0.6) is 17.2 Å². The number of aliphatic hydroxyl groups excluding tert-OH is 1. The Balaban J connectivity index is 1.37. The molecule has 0 radical (unpaired) electrons. The van der Waals surface area contributed by atoms with E-state index >= 15 is 0 Å². The van der Waals surface area contributed by atoms with Crippen molar-refractivity contribution in [1.29, 1.82) is 5.26 Å². The zero-order valence-electron chi connectivity index (χ0n) is 25.3. The summed E-state index contributed by atoms with van der Waals surface area (Å²) in [5, 5.41) is 24.4. The highest BCUT2D eigenvalue weighted by Crippen LogP contribution is 2.39. The predicted molar refractivity (Wildman–Crippen MR) is 182 cm³/mol. The largest absolute Gasteiger partial charge is 0.492 e. The third-order valence-corrected chi connectivity index (χ3v) is 9.01. The molecular weight excluding hydrogens is 693 g/mol. The van der Waals surface area contributed by atoms with Crippen LogP contribution in [0.1, 0.15) is 34.2 Å². The summed E-state index contributed by atoms with van der Waals surface area (Å²) in [4.78, 5) is 4.13. The van der Waals surface area contributed by atoms with E-state index in [-0.39, 0.29) is 19.8 Å². The number of rotatable bonds is 15. The average molecular weight is 727 g/mol. The van der Waals surface area contributed by atoms with E-state index in [2.05, 4.69) is 32.3 Å². The number of alkyl halides is 1. The number of hydrogen-bond acceptors (Lipinski definition) is 8. The number of nitriles is 1. The Morgan fingerprint density at radius 3 is 2.50 bits per heavy atom. The third kappa shape index (κ3) is 8.13. The number of benzene rings is 3. The van der Waals surface area contributed by atoms with E-state index < -0.39 is 5.54 Å². The van der Waals surface area contributed by atoms with Crippen LogP contribution in [0.4, 0.5) is 0 Å². The lowest BCUT2D eigenvalue weighted by molar-refractivity contribution is -0.0982. The van der Waals surface area contributed by atoms with Gasteiger partial charge in [-0.3, -0.25) is 4.98 Å². The van der Waals surface area contributed by atoms with E-state index in [1.807, 2.05) is 43.3 Å². The highest BCUT2D eigenvalue weighted by Gasteiger charge is 2.37. The number of ether oxygens (including phenoxy) is 4. The number of aliphatic hydroxyl groups is 1. The SMILES string of the molecule is Cc1c(COc2cc(OCc3cncc(C#N)c3)c(CNC3(CO)COC3)cc2Cl)cccc1-c1cccc(OCCCBr)c1Cl. The van der Waals surface area contributed by atoms with Crippen molar-refractivity contribution in [2.24, 2.45) is 0 Å². The first-order valence-electron chi connectivity index (χ1n) is 14.8. The Morgan fingerprint density at radius 1 is 0.978 bits per heavy atom. The molecule has 0 spiro atoms. The van der Waals surface area contributed by atoms with E-state index in [0.717, 1.165) is 45.1 Å². The molecule has 4 aromatic rings. The minimum absolute atomic E-state index is 0.0528. The molecule has 1 fully saturated rings. The van der Waals surface area contributed by atoms with Crippen LogP contribution in [0.2, 0.25) is 10.0 Å². The van der Waals surface area contributed by atoms with Crippen molar-refractivity contribution in [3.8, 4) is 34.4 Å². The van der Waals surface area contributed by atoms with Crippen molar-refractivity contribution >= 4 is 39.1 Å². The van der Waals surface area contributed by atoms with Crippen LogP contribution in [0.25, 0.3) is 11.1 Å². The fraction of sp³-hybridized carbons (Fsp3) is 0.314. The molecular formula is C35H34BrCl2N3O5. The molecule has 0 atom stereocenters. The van der Waals surface area contributed by atoms with Crippen molar-refractivity contribution in [2.45, 2.75) is 38.6 Å². The predicted octanol–water partition coefficient (Wildman–Crippen LogP) is 7.41. The van der Waals surface area contributed by atoms with Crippen LogP contribution in [-0.4, -0.2) is 47.4 Å². The molecule has 0 unspecified atom stereocenters. The molecule has 3 aromatic carbocycles. The Kier molecular flexibility index (Phi) is 11.8. The zero-order valence-corrected chi connectivity index (χ0v) is 28.4. The quantitative estimate of drug-likeness (QED) is 0.0965. The summed E-state index contributed by atoms with van der Waals surface area (Å²) in [6.45, 7) is 4.22. The first-order chi connectivity index (χ1) is 22.4. The molecule has 46 heavy (non-hydrogen) atoms. The molecule has 11 heteroatoms. The monoisotopic (exact) mass is 725 g/mol. The maximum Gasteiger partial charge on any atom is 0.142 e. The molecule has 2 heterocycles. The van der Waals surface area contributed by atoms with Crippen LogP contribution in [-0.2, 0) is 24.5 Å². The van der Waals surface area contributed by atoms with E-state index in [1.54, 1.807) is 24.4 Å². The van der Waals surface area contributed by atoms with Gasteiger partial charge in [0.1, 0.15) is 36.5 Å². The van der Waals surface area contributed by atoms with Gasteiger partial charge in [0.15, 0.2) is 0 Å². The smallest absolute Gasteiger partial charge is 0.142 e. The van der Waals surface area contributed by atoms with Gasteiger partial charge >= 0.3 is 0 Å². The lowest BCUT2D eigenvalue weighted by Crippen LogP contribution is -2.62. The topological polar surface area (TPSA) is 106 Å². The van der Waals surface area contributed by atoms with Crippen molar-refractivity contribution in [1.82, 2.24) is 10.3 Å². The van der Waals surface area contributed by atoms with Gasteiger partial charge in [-0.25, -0.2) is 0 Å². The maximum absolute atomic E-state index is 9.88. The van der Waals surface area contributed by atoms with Crippen molar-refractivity contribution < 1.29 is 24.1 Å². The Hall–Kier alpha value is -3.36. The Bertz CT molecular complexity index is 1710. The first kappa shape index (κ1) is 34.0. The zero-order chi connectivity index (χ0) is 32.5. The van der Waals surface area contributed by atoms with E-state index in [0.29, 0.717) is 59.2 Å². The lowest BCUT2D eigenvalue weighted by atomic mass is 9.96. The minimum atomic E-state index is -0.505. The molecule has 1 aromatic heterocycles. The number of pyridine rings is 1. The Labute approximate surface area is 287 Å². The second-order valence-electron chi connectivity index (χ2n) is 11.0. The number of aromatic nitrogens is 1. The van der Waals surface area contributed by atoms with Gasteiger partial charge in [-0.2, -0.15) is 5.26 Å². The van der Waals surface area contributed by atoms with Crippen LogP contribution in [0, 0.1) is 18.3 Å². The molecule has 0 aliphatic carbocycles. The number of nitrogens with zero attached hydrogens (tertiary/aromatic N) is 2. The van der Waals surface area contributed by atoms with E-state index in [1.165, 1.54) is 6.20 Å². The third-order valence-electron chi connectivity index (χ3n) is 7.76. The second-order valence-corrected chi connectivity index (χ2v) is 12.6. The summed E-state index contributed by atoms with van der Waals surface area (Å²) in [7, 11) is 0. The van der Waals surface area contributed by atoms with Gasteiger partial charge in [-0.15, -0.1) is 0 Å². The van der Waals surface area contributed by atoms with Gasteiger partial charge in [0.25, 0.3) is 0 Å². The molecule has 8 nitrogen and oxygen atoms in total. The highest BCUT2D eigenvalue weighted by atomic mass is 79.9. The van der Waals surface area contributed by atoms with Crippen LogP contribution < -0.4 is 19.5 Å². The van der Waals surface area contributed by atoms with E-state index in [4.69, 9.17) is 42.1 Å². The van der Waals surface area contributed by atoms with E-state index in [9.17, 15) is 10.4 Å². The second kappa shape index (κ2) is 16.0. The van der Waals surface area contributed by atoms with Gasteiger partial charge in [0.05, 0.1) is 47.6 Å². The fourth-order valence-electron chi connectivity index (χ4n) is 4.98. The van der Waals surface area contributed by atoms with Gasteiger partial charge in [0.2, 0.25) is 0 Å². The van der Waals surface area contributed by atoms with Gasteiger partial charge in [-0.05, 0) is 48.2 Å². The van der Waals surface area contributed by atoms with Crippen LogP contribution >= 0.6 is 39.1 Å². The summed E-state index contributed by atoms with van der Waals surface area (Å²) in [6.07, 6.45) is 4.04. The van der Waals surface area contributed by atoms with Crippen molar-refractivity contribution in [2.75, 3.05) is 31.8 Å². The molecule has 2 N–H and O–H groups in total. The molecule has 1 saturated heterocycles. The molecule has 0 amide bonds. The van der Waals surface area contributed by atoms with Gasteiger partial charge < -0.3 is 29.4 Å². The maximum atomic E-state index is 9.88. The van der Waals surface area contributed by atoms with Gasteiger partial charge in [-0.1, -0.05) is 69.5 Å². The number of nitrogens with one attached hydrogen (secondary N) is 1. The fourth-order valence-corrected chi connectivity index (χ4v) is 5.73. The summed E-state index contributed by atoms with van der Waals surface area (Å²) in [5.74, 6) is 1.66. The molecule has 1 aliphatic heterocycles. The normalized spacial score (nSPS) is 13.5. The van der Waals surface area contributed by atoms with Gasteiger partial charge in [0, 0.05) is 47.0 Å². The molecule has 0 bridgehead atoms. The van der Waals surface area contributed by atoms with Crippen LogP contribution in [0.3, 0.4) is 0 Å². The first-order valence-corrected chi connectivity index (χ1v) is 16.7. The van der Waals surface area contributed by atoms with Crippen molar-refractivity contribution in [3.63, 3.8) is 0 Å². The summed E-state index contributed by atoms with van der Waals surface area (Å²) in [6, 6.07) is 19.2. The Morgan fingerprint density at radius 2 is 1.76 bits per heavy atom. The standard InChI is InChI=1S/C35H34BrCl2N3O5/c1-23-26(5-2-6-28(23)29-7-3-8-31(34(29)38)44-10-4-9-36)19-46-33-13-32(45-18-25-11-24(14-39)15-40-16-25)27(12-30(33)37)17-41-35(20-42)21-43-22-35/h2-3,5-8,11-13,15-16,41-42H,4,9-10,17-22H2,1H3.